The molecule has 1 aromatic carbocycles. The Labute approximate surface area is 152 Å². The molecule has 7 nitrogen and oxygen atoms in total. The van der Waals surface area contributed by atoms with Gasteiger partial charge in [0.25, 0.3) is 0 Å². The first kappa shape index (κ1) is 18.1. The highest BCUT2D eigenvalue weighted by Crippen LogP contribution is 2.20. The molecule has 0 spiro atoms. The second kappa shape index (κ2) is 8.15. The molecule has 2 fully saturated rings. The zero-order valence-electron chi connectivity index (χ0n) is 14.5. The minimum atomic E-state index is -0.369. The summed E-state index contributed by atoms with van der Waals surface area (Å²) in [5, 5.41) is 12.1. The van der Waals surface area contributed by atoms with Crippen molar-refractivity contribution in [1.82, 2.24) is 15.1 Å². The van der Waals surface area contributed by atoms with Gasteiger partial charge in [0.15, 0.2) is 0 Å². The molecular weight excluding hydrogens is 337 g/mol. The average molecular weight is 359 g/mol. The van der Waals surface area contributed by atoms with Crippen molar-refractivity contribution in [2.24, 2.45) is 0 Å². The summed E-state index contributed by atoms with van der Waals surface area (Å²) in [6.07, 6.45) is 1.60. The SMILES string of the molecule is N#C[C@H]1CCCN1C(=O)CNCCN1CCN(c2cccc(F)c2)C1=O. The van der Waals surface area contributed by atoms with Crippen molar-refractivity contribution in [2.45, 2.75) is 18.9 Å². The molecule has 0 aliphatic carbocycles. The van der Waals surface area contributed by atoms with Crippen LogP contribution in [0.15, 0.2) is 24.3 Å². The number of carbonyl (C=O) groups is 2. The second-order valence-electron chi connectivity index (χ2n) is 6.45. The van der Waals surface area contributed by atoms with E-state index in [1.807, 2.05) is 0 Å². The van der Waals surface area contributed by atoms with Gasteiger partial charge in [-0.15, -0.1) is 0 Å². The minimum Gasteiger partial charge on any atom is -0.326 e. The van der Waals surface area contributed by atoms with Gasteiger partial charge in [-0.3, -0.25) is 9.69 Å². The maximum Gasteiger partial charge on any atom is 0.324 e. The number of halogens is 1. The van der Waals surface area contributed by atoms with Crippen molar-refractivity contribution in [3.05, 3.63) is 30.1 Å². The standard InChI is InChI=1S/C18H22FN5O2/c19-14-3-1-4-15(11-14)24-10-9-22(18(24)26)8-6-21-13-17(25)23-7-2-5-16(23)12-20/h1,3-4,11,16,21H,2,5-10,13H2/t16-/m1/s1. The Hall–Kier alpha value is -2.66. The van der Waals surface area contributed by atoms with E-state index in [2.05, 4.69) is 11.4 Å². The van der Waals surface area contributed by atoms with Crippen LogP contribution < -0.4 is 10.2 Å². The van der Waals surface area contributed by atoms with Gasteiger partial charge in [-0.1, -0.05) is 6.07 Å². The third-order valence-electron chi connectivity index (χ3n) is 4.77. The third-order valence-corrected chi connectivity index (χ3v) is 4.77. The summed E-state index contributed by atoms with van der Waals surface area (Å²) in [5.41, 5.74) is 0.553. The monoisotopic (exact) mass is 359 g/mol. The summed E-state index contributed by atoms with van der Waals surface area (Å²) in [4.78, 5) is 29.4. The number of likely N-dealkylation sites (tertiary alicyclic amines) is 1. The van der Waals surface area contributed by atoms with Crippen molar-refractivity contribution in [3.63, 3.8) is 0 Å². The van der Waals surface area contributed by atoms with Crippen molar-refractivity contribution >= 4 is 17.6 Å². The summed E-state index contributed by atoms with van der Waals surface area (Å²) >= 11 is 0. The summed E-state index contributed by atoms with van der Waals surface area (Å²) in [5.74, 6) is -0.449. The molecule has 0 radical (unpaired) electrons. The fourth-order valence-corrected chi connectivity index (χ4v) is 3.38. The zero-order valence-corrected chi connectivity index (χ0v) is 14.5. The molecule has 0 bridgehead atoms. The lowest BCUT2D eigenvalue weighted by molar-refractivity contribution is -0.130. The summed E-state index contributed by atoms with van der Waals surface area (Å²) in [7, 11) is 0. The first-order valence-corrected chi connectivity index (χ1v) is 8.82. The quantitative estimate of drug-likeness (QED) is 0.774. The van der Waals surface area contributed by atoms with E-state index in [-0.39, 0.29) is 30.3 Å². The number of nitriles is 1. The average Bonchev–Trinajstić information content (AvgIpc) is 3.25. The van der Waals surface area contributed by atoms with Crippen LogP contribution in [0.3, 0.4) is 0 Å². The van der Waals surface area contributed by atoms with Crippen LogP contribution in [0.25, 0.3) is 0 Å². The Morgan fingerprint density at radius 3 is 2.96 bits per heavy atom. The van der Waals surface area contributed by atoms with E-state index >= 15 is 0 Å². The van der Waals surface area contributed by atoms with Gasteiger partial charge >= 0.3 is 6.03 Å². The van der Waals surface area contributed by atoms with Crippen LogP contribution in [0.4, 0.5) is 14.9 Å². The fraction of sp³-hybridized carbons (Fsp3) is 0.500. The van der Waals surface area contributed by atoms with Crippen molar-refractivity contribution in [3.8, 4) is 6.07 Å². The molecule has 0 unspecified atom stereocenters. The van der Waals surface area contributed by atoms with E-state index in [0.29, 0.717) is 38.4 Å². The van der Waals surface area contributed by atoms with Gasteiger partial charge < -0.3 is 15.1 Å². The molecule has 26 heavy (non-hydrogen) atoms. The number of rotatable bonds is 6. The second-order valence-corrected chi connectivity index (χ2v) is 6.45. The van der Waals surface area contributed by atoms with Crippen LogP contribution in [-0.4, -0.2) is 67.0 Å². The predicted molar refractivity (Wildman–Crippen MR) is 93.9 cm³/mol. The fourth-order valence-electron chi connectivity index (χ4n) is 3.38. The van der Waals surface area contributed by atoms with Crippen molar-refractivity contribution in [1.29, 1.82) is 5.26 Å². The highest BCUT2D eigenvalue weighted by Gasteiger charge is 2.30. The molecule has 8 heteroatoms. The zero-order chi connectivity index (χ0) is 18.5. The lowest BCUT2D eigenvalue weighted by Gasteiger charge is -2.21. The minimum absolute atomic E-state index is 0.0804. The Kier molecular flexibility index (Phi) is 5.68. The molecule has 138 valence electrons. The highest BCUT2D eigenvalue weighted by atomic mass is 19.1. The van der Waals surface area contributed by atoms with Crippen LogP contribution >= 0.6 is 0 Å². The first-order valence-electron chi connectivity index (χ1n) is 8.82. The number of anilines is 1. The summed E-state index contributed by atoms with van der Waals surface area (Å²) < 4.78 is 13.3. The molecule has 2 aliphatic heterocycles. The Balaban J connectivity index is 1.42. The smallest absolute Gasteiger partial charge is 0.324 e. The van der Waals surface area contributed by atoms with Gasteiger partial charge in [0.1, 0.15) is 11.9 Å². The van der Waals surface area contributed by atoms with Gasteiger partial charge in [-0.05, 0) is 31.0 Å². The normalized spacial score (nSPS) is 19.9. The highest BCUT2D eigenvalue weighted by molar-refractivity contribution is 5.94. The number of nitrogens with one attached hydrogen (secondary N) is 1. The lowest BCUT2D eigenvalue weighted by atomic mass is 10.2. The molecule has 3 amide bonds. The van der Waals surface area contributed by atoms with E-state index in [4.69, 9.17) is 5.26 Å². The molecule has 2 saturated heterocycles. The first-order chi connectivity index (χ1) is 12.6. The number of nitrogens with zero attached hydrogens (tertiary/aromatic N) is 4. The Morgan fingerprint density at radius 2 is 2.19 bits per heavy atom. The Bertz CT molecular complexity index is 720. The maximum atomic E-state index is 13.3. The largest absolute Gasteiger partial charge is 0.326 e. The molecule has 3 rings (SSSR count). The Morgan fingerprint density at radius 1 is 1.35 bits per heavy atom. The third kappa shape index (κ3) is 3.94. The summed E-state index contributed by atoms with van der Waals surface area (Å²) in [6.45, 7) is 2.82. The van der Waals surface area contributed by atoms with Crippen molar-refractivity contribution in [2.75, 3.05) is 44.2 Å². The topological polar surface area (TPSA) is 79.7 Å². The maximum absolute atomic E-state index is 13.3. The van der Waals surface area contributed by atoms with Gasteiger partial charge in [-0.2, -0.15) is 5.26 Å². The predicted octanol–water partition coefficient (Wildman–Crippen LogP) is 1.17. The van der Waals surface area contributed by atoms with Crippen LogP contribution in [0, 0.1) is 17.1 Å². The lowest BCUT2D eigenvalue weighted by Crippen LogP contribution is -2.43. The number of benzene rings is 1. The molecule has 2 aliphatic rings. The number of amides is 3. The van der Waals surface area contributed by atoms with E-state index in [9.17, 15) is 14.0 Å². The van der Waals surface area contributed by atoms with Crippen LogP contribution in [0.2, 0.25) is 0 Å². The van der Waals surface area contributed by atoms with E-state index < -0.39 is 0 Å². The number of hydrogen-bond donors (Lipinski definition) is 1. The molecule has 1 aromatic rings. The van der Waals surface area contributed by atoms with Crippen molar-refractivity contribution < 1.29 is 14.0 Å². The van der Waals surface area contributed by atoms with E-state index in [1.54, 1.807) is 26.8 Å². The van der Waals surface area contributed by atoms with Crippen LogP contribution in [0.5, 0.6) is 0 Å². The van der Waals surface area contributed by atoms with Gasteiger partial charge in [0.05, 0.1) is 12.6 Å². The van der Waals surface area contributed by atoms with Crippen LogP contribution in [0.1, 0.15) is 12.8 Å². The van der Waals surface area contributed by atoms with E-state index in [1.165, 1.54) is 12.1 Å². The molecule has 1 N–H and O–H groups in total. The molecule has 1 atom stereocenters. The molecular formula is C18H22FN5O2. The molecule has 0 aromatic heterocycles. The molecule has 0 saturated carbocycles. The number of hydrogen-bond acceptors (Lipinski definition) is 4. The summed E-state index contributed by atoms with van der Waals surface area (Å²) in [6, 6.07) is 7.67. The van der Waals surface area contributed by atoms with Crippen LogP contribution in [-0.2, 0) is 4.79 Å². The van der Waals surface area contributed by atoms with Gasteiger partial charge in [0, 0.05) is 38.4 Å². The van der Waals surface area contributed by atoms with Gasteiger partial charge in [0.2, 0.25) is 5.91 Å². The van der Waals surface area contributed by atoms with Gasteiger partial charge in [-0.25, -0.2) is 9.18 Å². The van der Waals surface area contributed by atoms with E-state index in [0.717, 1.165) is 12.8 Å². The number of urea groups is 1. The molecule has 2 heterocycles. The number of carbonyl (C=O) groups excluding carboxylic acids is 2.